The second kappa shape index (κ2) is 17.9. The number of carbonyl (C=O) groups is 5. The molecule has 2 aliphatic rings. The van der Waals surface area contributed by atoms with Crippen LogP contribution in [0.25, 0.3) is 10.9 Å². The number of benzene rings is 2. The van der Waals surface area contributed by atoms with Gasteiger partial charge in [0, 0.05) is 37.1 Å². The van der Waals surface area contributed by atoms with Crippen molar-refractivity contribution < 1.29 is 41.5 Å². The SMILES string of the molecule is CCC(C)[C@H](NC(=O)Cc1ccccc1F)C(=O)N[C@]1(C(=O)NC(C(=O)NCC2CCN(C=O)CC2)[C@@H](C)CC)CCc2[nH]c3c(C(F)(F)F)cccc3c2C1. The number of piperidine rings is 1. The molecule has 1 aliphatic heterocycles. The van der Waals surface area contributed by atoms with Gasteiger partial charge in [0.2, 0.25) is 30.0 Å². The summed E-state index contributed by atoms with van der Waals surface area (Å²) in [5.74, 6) is -3.60. The summed E-state index contributed by atoms with van der Waals surface area (Å²) < 4.78 is 56.7. The van der Waals surface area contributed by atoms with Crippen LogP contribution in [0.4, 0.5) is 17.6 Å². The number of carbonyl (C=O) groups excluding carboxylic acids is 5. The van der Waals surface area contributed by atoms with Crippen molar-refractivity contribution in [1.29, 1.82) is 0 Å². The predicted octanol–water partition coefficient (Wildman–Crippen LogP) is 4.96. The van der Waals surface area contributed by atoms with Gasteiger partial charge in [-0.2, -0.15) is 13.2 Å². The average Bonchev–Trinajstić information content (AvgIpc) is 3.55. The summed E-state index contributed by atoms with van der Waals surface area (Å²) >= 11 is 0. The summed E-state index contributed by atoms with van der Waals surface area (Å²) in [6.07, 6.45) is -1.89. The molecule has 0 bridgehead atoms. The minimum atomic E-state index is -4.65. The number of fused-ring (bicyclic) bond motifs is 3. The van der Waals surface area contributed by atoms with Crippen molar-refractivity contribution in [2.75, 3.05) is 19.6 Å². The third-order valence-electron chi connectivity index (χ3n) is 11.7. The second-order valence-corrected chi connectivity index (χ2v) is 15.4. The van der Waals surface area contributed by atoms with E-state index in [-0.39, 0.29) is 54.0 Å². The summed E-state index contributed by atoms with van der Waals surface area (Å²) in [5.41, 5.74) is -1.64. The standard InChI is InChI=1S/C41H52F4N6O5/c1-5-24(3)34(37(54)46-22-26-15-18-51(23-52)19-16-26)49-39(56)40(17-14-32-29(21-40)28-11-9-12-30(36(28)47-32)41(43,44)45)50-38(55)35(25(4)6-2)48-33(53)20-27-10-7-8-13-31(27)42/h7-13,23-26,34-35,47H,5-6,14-22H2,1-4H3,(H,46,54)(H,48,53)(H,49,56)(H,50,55)/t24-,25?,34?,35-,40+/m0/s1. The zero-order valence-electron chi connectivity index (χ0n) is 32.3. The van der Waals surface area contributed by atoms with E-state index in [1.54, 1.807) is 17.9 Å². The van der Waals surface area contributed by atoms with E-state index in [2.05, 4.69) is 26.3 Å². The molecule has 5 N–H and O–H groups in total. The third kappa shape index (κ3) is 9.52. The molecule has 5 atom stereocenters. The van der Waals surface area contributed by atoms with Crippen LogP contribution in [0.2, 0.25) is 0 Å². The van der Waals surface area contributed by atoms with E-state index in [0.29, 0.717) is 56.6 Å². The van der Waals surface area contributed by atoms with Crippen molar-refractivity contribution in [3.05, 3.63) is 70.7 Å². The molecule has 2 unspecified atom stereocenters. The zero-order valence-corrected chi connectivity index (χ0v) is 32.3. The molecule has 3 aromatic rings. The average molecular weight is 785 g/mol. The molecule has 0 saturated carbocycles. The molecule has 5 amide bonds. The number of para-hydroxylation sites is 1. The first-order valence-electron chi connectivity index (χ1n) is 19.4. The largest absolute Gasteiger partial charge is 0.418 e. The highest BCUT2D eigenvalue weighted by molar-refractivity contribution is 5.99. The summed E-state index contributed by atoms with van der Waals surface area (Å²) in [7, 11) is 0. The van der Waals surface area contributed by atoms with Crippen molar-refractivity contribution in [3.63, 3.8) is 0 Å². The van der Waals surface area contributed by atoms with Gasteiger partial charge in [-0.25, -0.2) is 4.39 Å². The van der Waals surface area contributed by atoms with Gasteiger partial charge in [-0.3, -0.25) is 24.0 Å². The van der Waals surface area contributed by atoms with Gasteiger partial charge in [-0.15, -0.1) is 0 Å². The molecular weight excluding hydrogens is 732 g/mol. The number of alkyl halides is 3. The lowest BCUT2D eigenvalue weighted by atomic mass is 9.78. The number of rotatable bonds is 15. The van der Waals surface area contributed by atoms with Crippen molar-refractivity contribution >= 4 is 40.9 Å². The van der Waals surface area contributed by atoms with Crippen LogP contribution in [0.3, 0.4) is 0 Å². The van der Waals surface area contributed by atoms with Gasteiger partial charge in [-0.05, 0) is 66.7 Å². The zero-order chi connectivity index (χ0) is 40.8. The lowest BCUT2D eigenvalue weighted by molar-refractivity contribution is -0.139. The van der Waals surface area contributed by atoms with Gasteiger partial charge in [0.05, 0.1) is 17.5 Å². The quantitative estimate of drug-likeness (QED) is 0.109. The molecule has 11 nitrogen and oxygen atoms in total. The van der Waals surface area contributed by atoms with Gasteiger partial charge < -0.3 is 31.2 Å². The summed E-state index contributed by atoms with van der Waals surface area (Å²) in [4.78, 5) is 71.9. The van der Waals surface area contributed by atoms with Crippen LogP contribution in [0.15, 0.2) is 42.5 Å². The Hall–Kier alpha value is -4.95. The molecule has 56 heavy (non-hydrogen) atoms. The number of hydrogen-bond acceptors (Lipinski definition) is 5. The van der Waals surface area contributed by atoms with E-state index >= 15 is 0 Å². The maximum Gasteiger partial charge on any atom is 0.418 e. The number of amides is 5. The van der Waals surface area contributed by atoms with Crippen LogP contribution in [0, 0.1) is 23.6 Å². The Morgan fingerprint density at radius 3 is 2.23 bits per heavy atom. The van der Waals surface area contributed by atoms with Crippen LogP contribution < -0.4 is 21.3 Å². The summed E-state index contributed by atoms with van der Waals surface area (Å²) in [6.45, 7) is 8.79. The van der Waals surface area contributed by atoms with E-state index in [0.717, 1.165) is 12.5 Å². The predicted molar refractivity (Wildman–Crippen MR) is 202 cm³/mol. The van der Waals surface area contributed by atoms with Gasteiger partial charge in [0.15, 0.2) is 0 Å². The molecule has 1 fully saturated rings. The van der Waals surface area contributed by atoms with Gasteiger partial charge >= 0.3 is 6.18 Å². The summed E-state index contributed by atoms with van der Waals surface area (Å²) in [6, 6.07) is 7.45. The number of aromatic amines is 1. The summed E-state index contributed by atoms with van der Waals surface area (Å²) in [5, 5.41) is 11.8. The number of halogens is 4. The van der Waals surface area contributed by atoms with Crippen LogP contribution in [0.5, 0.6) is 0 Å². The van der Waals surface area contributed by atoms with E-state index in [9.17, 15) is 41.5 Å². The molecule has 0 spiro atoms. The number of nitrogens with zero attached hydrogens (tertiary/aromatic N) is 1. The van der Waals surface area contributed by atoms with Crippen LogP contribution in [0.1, 0.15) is 82.2 Å². The fourth-order valence-corrected chi connectivity index (χ4v) is 7.72. The number of aryl methyl sites for hydroxylation is 1. The Morgan fingerprint density at radius 1 is 0.946 bits per heavy atom. The second-order valence-electron chi connectivity index (χ2n) is 15.4. The van der Waals surface area contributed by atoms with Crippen molar-refractivity contribution in [1.82, 2.24) is 31.2 Å². The highest BCUT2D eigenvalue weighted by Crippen LogP contribution is 2.40. The number of likely N-dealkylation sites (tertiary alicyclic amines) is 1. The highest BCUT2D eigenvalue weighted by atomic mass is 19.4. The molecule has 2 aromatic carbocycles. The first-order valence-corrected chi connectivity index (χ1v) is 19.4. The molecule has 1 saturated heterocycles. The lowest BCUT2D eigenvalue weighted by Crippen LogP contribution is -2.67. The fourth-order valence-electron chi connectivity index (χ4n) is 7.72. The molecule has 1 aromatic heterocycles. The van der Waals surface area contributed by atoms with Crippen LogP contribution in [-0.4, -0.2) is 77.2 Å². The fraction of sp³-hybridized carbons (Fsp3) is 0.537. The van der Waals surface area contributed by atoms with Crippen molar-refractivity contribution in [2.45, 2.75) is 103 Å². The maximum atomic E-state index is 14.8. The Balaban J connectivity index is 1.46. The molecule has 2 heterocycles. The number of nitrogens with one attached hydrogen (secondary N) is 5. The Morgan fingerprint density at radius 2 is 1.61 bits per heavy atom. The van der Waals surface area contributed by atoms with Crippen molar-refractivity contribution in [3.8, 4) is 0 Å². The molecule has 304 valence electrons. The lowest BCUT2D eigenvalue weighted by Gasteiger charge is -2.40. The van der Waals surface area contributed by atoms with Gasteiger partial charge in [-0.1, -0.05) is 70.9 Å². The number of aromatic nitrogens is 1. The smallest absolute Gasteiger partial charge is 0.358 e. The molecule has 5 rings (SSSR count). The minimum Gasteiger partial charge on any atom is -0.358 e. The van der Waals surface area contributed by atoms with Crippen molar-refractivity contribution in [2.24, 2.45) is 17.8 Å². The highest BCUT2D eigenvalue weighted by Gasteiger charge is 2.47. The Kier molecular flexibility index (Phi) is 13.5. The topological polar surface area (TPSA) is 152 Å². The third-order valence-corrected chi connectivity index (χ3v) is 11.7. The molecule has 0 radical (unpaired) electrons. The van der Waals surface area contributed by atoms with E-state index < -0.39 is 64.7 Å². The van der Waals surface area contributed by atoms with Gasteiger partial charge in [0.25, 0.3) is 0 Å². The van der Waals surface area contributed by atoms with Crippen LogP contribution >= 0.6 is 0 Å². The normalized spacial score (nSPS) is 19.6. The maximum absolute atomic E-state index is 14.8. The van der Waals surface area contributed by atoms with Gasteiger partial charge in [0.1, 0.15) is 23.4 Å². The van der Waals surface area contributed by atoms with Crippen LogP contribution in [-0.2, 0) is 49.4 Å². The molecular formula is C41H52F4N6O5. The Bertz CT molecular complexity index is 1910. The molecule has 1 aliphatic carbocycles. The first-order chi connectivity index (χ1) is 26.6. The molecule has 15 heteroatoms. The first kappa shape index (κ1) is 42.2. The van der Waals surface area contributed by atoms with E-state index in [1.807, 2.05) is 20.8 Å². The number of hydrogen-bond donors (Lipinski definition) is 5. The van der Waals surface area contributed by atoms with E-state index in [1.165, 1.54) is 30.3 Å². The number of H-pyrrole nitrogens is 1. The van der Waals surface area contributed by atoms with E-state index in [4.69, 9.17) is 0 Å². The monoisotopic (exact) mass is 784 g/mol. The Labute approximate surface area is 324 Å². The minimum absolute atomic E-state index is 0.0215.